The van der Waals surface area contributed by atoms with Gasteiger partial charge in [-0.2, -0.15) is 8.42 Å². The van der Waals surface area contributed by atoms with E-state index in [1.807, 2.05) is 6.92 Å². The maximum atomic E-state index is 12.7. The Morgan fingerprint density at radius 3 is 2.60 bits per heavy atom. The van der Waals surface area contributed by atoms with Crippen LogP contribution < -0.4 is 0 Å². The van der Waals surface area contributed by atoms with Crippen molar-refractivity contribution in [3.8, 4) is 0 Å². The monoisotopic (exact) mass is 369 g/mol. The van der Waals surface area contributed by atoms with Crippen molar-refractivity contribution >= 4 is 16.0 Å². The second-order valence-corrected chi connectivity index (χ2v) is 8.19. The van der Waals surface area contributed by atoms with Crippen LogP contribution in [-0.4, -0.2) is 68.6 Å². The van der Waals surface area contributed by atoms with Gasteiger partial charge >= 0.3 is 0 Å². The SMILES string of the molecule is COC1O[C@H]2[C@H]3[C@@H]1[C@@H](OS(=O)(=O)c1ccc(C)cc1)C(=O)N3C[C@H]2O. The highest BCUT2D eigenvalue weighted by Crippen LogP contribution is 2.46. The molecule has 0 aromatic heterocycles. The number of hydrogen-bond acceptors (Lipinski definition) is 7. The lowest BCUT2D eigenvalue weighted by Crippen LogP contribution is -2.37. The summed E-state index contributed by atoms with van der Waals surface area (Å²) < 4.78 is 41.4. The molecule has 3 fully saturated rings. The predicted molar refractivity (Wildman–Crippen MR) is 83.9 cm³/mol. The molecule has 3 aliphatic heterocycles. The number of aliphatic hydroxyl groups excluding tert-OH is 1. The molecule has 0 radical (unpaired) electrons. The number of nitrogens with zero attached hydrogens (tertiary/aromatic N) is 1. The highest BCUT2D eigenvalue weighted by atomic mass is 32.2. The maximum absolute atomic E-state index is 12.7. The molecule has 1 N–H and O–H groups in total. The van der Waals surface area contributed by atoms with Crippen molar-refractivity contribution in [3.63, 3.8) is 0 Å². The lowest BCUT2D eigenvalue weighted by molar-refractivity contribution is -0.160. The summed E-state index contributed by atoms with van der Waals surface area (Å²) in [5.41, 5.74) is 0.914. The van der Waals surface area contributed by atoms with E-state index in [1.54, 1.807) is 12.1 Å². The molecule has 1 unspecified atom stereocenters. The van der Waals surface area contributed by atoms with Gasteiger partial charge in [0.2, 0.25) is 0 Å². The van der Waals surface area contributed by atoms with Gasteiger partial charge in [0, 0.05) is 13.7 Å². The molecule has 3 heterocycles. The highest BCUT2D eigenvalue weighted by molar-refractivity contribution is 7.86. The Morgan fingerprint density at radius 2 is 1.96 bits per heavy atom. The quantitative estimate of drug-likeness (QED) is 0.723. The van der Waals surface area contributed by atoms with E-state index in [0.717, 1.165) is 5.56 Å². The van der Waals surface area contributed by atoms with Gasteiger partial charge in [-0.1, -0.05) is 17.7 Å². The standard InChI is InChI=1S/C16H19NO7S/c1-8-3-5-9(6-4-8)25(20,21)24-14-11-12-13(23-16(11)22-2)10(18)7-17(12)15(14)19/h3-6,10-14,16,18H,7H2,1-2H3/t10-,11-,12-,13-,14-,16?/m1/s1. The van der Waals surface area contributed by atoms with E-state index < -0.39 is 52.6 Å². The number of rotatable bonds is 4. The molecule has 3 saturated heterocycles. The van der Waals surface area contributed by atoms with Crippen LogP contribution in [-0.2, 0) is 28.6 Å². The molecule has 1 amide bonds. The lowest BCUT2D eigenvalue weighted by Gasteiger charge is -2.20. The summed E-state index contributed by atoms with van der Waals surface area (Å²) in [4.78, 5) is 14.1. The second kappa shape index (κ2) is 5.75. The predicted octanol–water partition coefficient (Wildman–Crippen LogP) is -0.358. The Labute approximate surface area is 145 Å². The van der Waals surface area contributed by atoms with Crippen LogP contribution in [0.2, 0.25) is 0 Å². The molecule has 6 atom stereocenters. The Morgan fingerprint density at radius 1 is 1.28 bits per heavy atom. The normalized spacial score (nSPS) is 36.9. The van der Waals surface area contributed by atoms with Gasteiger partial charge in [0.1, 0.15) is 6.10 Å². The first-order chi connectivity index (χ1) is 11.8. The summed E-state index contributed by atoms with van der Waals surface area (Å²) in [6.07, 6.45) is -3.43. The topological polar surface area (TPSA) is 102 Å². The van der Waals surface area contributed by atoms with Crippen molar-refractivity contribution in [1.29, 1.82) is 0 Å². The van der Waals surface area contributed by atoms with Crippen LogP contribution in [0.15, 0.2) is 29.2 Å². The third-order valence-electron chi connectivity index (χ3n) is 5.11. The van der Waals surface area contributed by atoms with Crippen LogP contribution >= 0.6 is 0 Å². The van der Waals surface area contributed by atoms with Crippen molar-refractivity contribution < 1.29 is 32.0 Å². The molecule has 3 aliphatic rings. The van der Waals surface area contributed by atoms with E-state index >= 15 is 0 Å². The molecule has 1 aromatic rings. The molecule has 1 aromatic carbocycles. The third-order valence-corrected chi connectivity index (χ3v) is 6.42. The average Bonchev–Trinajstić information content (AvgIpc) is 3.17. The van der Waals surface area contributed by atoms with Gasteiger partial charge in [-0.3, -0.25) is 8.98 Å². The van der Waals surface area contributed by atoms with Crippen LogP contribution in [0.4, 0.5) is 0 Å². The summed E-state index contributed by atoms with van der Waals surface area (Å²) in [6, 6.07) is 5.76. The molecule has 0 bridgehead atoms. The van der Waals surface area contributed by atoms with E-state index in [1.165, 1.54) is 24.1 Å². The molecular weight excluding hydrogens is 350 g/mol. The van der Waals surface area contributed by atoms with Crippen LogP contribution in [0.1, 0.15) is 5.56 Å². The van der Waals surface area contributed by atoms with E-state index in [-0.39, 0.29) is 11.4 Å². The zero-order valence-electron chi connectivity index (χ0n) is 13.7. The number of aryl methyl sites for hydroxylation is 1. The summed E-state index contributed by atoms with van der Waals surface area (Å²) in [6.45, 7) is 1.95. The lowest BCUT2D eigenvalue weighted by atomic mass is 9.96. The Hall–Kier alpha value is -1.52. The van der Waals surface area contributed by atoms with Gasteiger partial charge in [-0.25, -0.2) is 0 Å². The smallest absolute Gasteiger partial charge is 0.297 e. The zero-order valence-corrected chi connectivity index (χ0v) is 14.5. The van der Waals surface area contributed by atoms with Crippen molar-refractivity contribution in [3.05, 3.63) is 29.8 Å². The van der Waals surface area contributed by atoms with Gasteiger partial charge < -0.3 is 19.5 Å². The number of benzene rings is 1. The van der Waals surface area contributed by atoms with Gasteiger partial charge in [-0.05, 0) is 19.1 Å². The van der Waals surface area contributed by atoms with Crippen molar-refractivity contribution in [1.82, 2.24) is 4.90 Å². The summed E-state index contributed by atoms with van der Waals surface area (Å²) in [5, 5.41) is 10.0. The second-order valence-electron chi connectivity index (χ2n) is 6.61. The van der Waals surface area contributed by atoms with E-state index in [2.05, 4.69) is 0 Å². The molecule has 25 heavy (non-hydrogen) atoms. The van der Waals surface area contributed by atoms with Crippen LogP contribution in [0.25, 0.3) is 0 Å². The van der Waals surface area contributed by atoms with Gasteiger partial charge in [-0.15, -0.1) is 0 Å². The molecule has 4 rings (SSSR count). The number of carbonyl (C=O) groups excluding carboxylic acids is 1. The highest BCUT2D eigenvalue weighted by Gasteiger charge is 2.66. The summed E-state index contributed by atoms with van der Waals surface area (Å²) in [7, 11) is -2.70. The number of methoxy groups -OCH3 is 1. The minimum atomic E-state index is -4.12. The summed E-state index contributed by atoms with van der Waals surface area (Å²) >= 11 is 0. The number of carbonyl (C=O) groups is 1. The first kappa shape index (κ1) is 16.9. The molecule has 0 aliphatic carbocycles. The van der Waals surface area contributed by atoms with Crippen LogP contribution in [0.5, 0.6) is 0 Å². The van der Waals surface area contributed by atoms with Gasteiger partial charge in [0.05, 0.1) is 23.0 Å². The van der Waals surface area contributed by atoms with Crippen molar-refractivity contribution in [2.45, 2.75) is 42.5 Å². The minimum absolute atomic E-state index is 0.0116. The number of ether oxygens (including phenoxy) is 2. The first-order valence-electron chi connectivity index (χ1n) is 8.00. The molecule has 0 saturated carbocycles. The minimum Gasteiger partial charge on any atom is -0.388 e. The van der Waals surface area contributed by atoms with E-state index in [4.69, 9.17) is 13.7 Å². The number of hydrogen-bond donors (Lipinski definition) is 1. The fourth-order valence-corrected chi connectivity index (χ4v) is 5.00. The molecule has 136 valence electrons. The third kappa shape index (κ3) is 2.49. The zero-order chi connectivity index (χ0) is 17.9. The van der Waals surface area contributed by atoms with E-state index in [0.29, 0.717) is 0 Å². The van der Waals surface area contributed by atoms with Crippen molar-refractivity contribution in [2.24, 2.45) is 5.92 Å². The summed E-state index contributed by atoms with van der Waals surface area (Å²) in [5.74, 6) is -1.07. The first-order valence-corrected chi connectivity index (χ1v) is 9.41. The number of aliphatic hydroxyl groups is 1. The number of amides is 1. The maximum Gasteiger partial charge on any atom is 0.297 e. The Balaban J connectivity index is 1.64. The van der Waals surface area contributed by atoms with E-state index in [9.17, 15) is 18.3 Å². The average molecular weight is 369 g/mol. The molecule has 0 spiro atoms. The van der Waals surface area contributed by atoms with Gasteiger partial charge in [0.25, 0.3) is 16.0 Å². The Kier molecular flexibility index (Phi) is 3.89. The Bertz CT molecular complexity index is 793. The fourth-order valence-electron chi connectivity index (χ4n) is 3.94. The van der Waals surface area contributed by atoms with Gasteiger partial charge in [0.15, 0.2) is 12.4 Å². The molecular formula is C16H19NO7S. The fraction of sp³-hybridized carbons (Fsp3) is 0.562. The molecule has 8 nitrogen and oxygen atoms in total. The van der Waals surface area contributed by atoms with Crippen LogP contribution in [0.3, 0.4) is 0 Å². The van der Waals surface area contributed by atoms with Crippen molar-refractivity contribution in [2.75, 3.05) is 13.7 Å². The van der Waals surface area contributed by atoms with Crippen LogP contribution in [0, 0.1) is 12.8 Å². The molecule has 9 heteroatoms. The largest absolute Gasteiger partial charge is 0.388 e.